The molecule has 0 unspecified atom stereocenters. The van der Waals surface area contributed by atoms with Crippen molar-refractivity contribution in [2.24, 2.45) is 18.0 Å². The smallest absolute Gasteiger partial charge is 0.190 e. The number of nitrogens with zero attached hydrogens (tertiary/aromatic N) is 3. The third kappa shape index (κ3) is 4.58. The predicted molar refractivity (Wildman–Crippen MR) is 80.6 cm³/mol. The molecular weight excluding hydrogens is 238 g/mol. The van der Waals surface area contributed by atoms with E-state index in [0.717, 1.165) is 31.2 Å². The molecule has 0 aliphatic rings. The number of aryl methyl sites for hydroxylation is 2. The quantitative estimate of drug-likeness (QED) is 0.625. The topological polar surface area (TPSA) is 54.2 Å². The number of aliphatic imine (C=N–C) groups is 1. The van der Waals surface area contributed by atoms with Crippen LogP contribution in [-0.4, -0.2) is 35.9 Å². The minimum absolute atomic E-state index is 0.612. The van der Waals surface area contributed by atoms with Gasteiger partial charge in [0.05, 0.1) is 5.69 Å². The van der Waals surface area contributed by atoms with Crippen LogP contribution >= 0.6 is 0 Å². The zero-order valence-electron chi connectivity index (χ0n) is 13.0. The lowest BCUT2D eigenvalue weighted by Gasteiger charge is -2.13. The Morgan fingerprint density at radius 3 is 2.47 bits per heavy atom. The molecule has 0 saturated heterocycles. The summed E-state index contributed by atoms with van der Waals surface area (Å²) in [6, 6.07) is 0. The van der Waals surface area contributed by atoms with Crippen molar-refractivity contribution in [3.63, 3.8) is 0 Å². The molecule has 0 amide bonds. The summed E-state index contributed by atoms with van der Waals surface area (Å²) >= 11 is 0. The first-order chi connectivity index (χ1) is 8.95. The second-order valence-electron chi connectivity index (χ2n) is 5.30. The minimum Gasteiger partial charge on any atom is -0.356 e. The van der Waals surface area contributed by atoms with Crippen molar-refractivity contribution in [3.8, 4) is 0 Å². The van der Waals surface area contributed by atoms with E-state index in [1.165, 1.54) is 11.3 Å². The Morgan fingerprint density at radius 1 is 1.32 bits per heavy atom. The second kappa shape index (κ2) is 7.16. The summed E-state index contributed by atoms with van der Waals surface area (Å²) in [5, 5.41) is 11.1. The highest BCUT2D eigenvalue weighted by Gasteiger charge is 2.09. The van der Waals surface area contributed by atoms with Crippen molar-refractivity contribution < 1.29 is 0 Å². The van der Waals surface area contributed by atoms with Crippen LogP contribution in [0.5, 0.6) is 0 Å². The minimum atomic E-state index is 0.612. The number of hydrogen-bond acceptors (Lipinski definition) is 2. The zero-order chi connectivity index (χ0) is 14.4. The molecule has 0 aliphatic carbocycles. The Balaban J connectivity index is 2.44. The monoisotopic (exact) mass is 265 g/mol. The zero-order valence-corrected chi connectivity index (χ0v) is 13.0. The standard InChI is InChI=1S/C14H27N5/c1-10(2)9-17-14(15-5)16-8-7-13-11(3)18-19(6)12(13)4/h10H,7-9H2,1-6H3,(H2,15,16,17). The van der Waals surface area contributed by atoms with Crippen LogP contribution < -0.4 is 10.6 Å². The van der Waals surface area contributed by atoms with E-state index >= 15 is 0 Å². The molecule has 1 heterocycles. The molecule has 0 spiro atoms. The number of aromatic nitrogens is 2. The van der Waals surface area contributed by atoms with Crippen LogP contribution in [-0.2, 0) is 13.5 Å². The number of hydrogen-bond donors (Lipinski definition) is 2. The first-order valence-electron chi connectivity index (χ1n) is 6.89. The van der Waals surface area contributed by atoms with E-state index in [1.807, 2.05) is 11.7 Å². The van der Waals surface area contributed by atoms with Gasteiger partial charge in [-0.25, -0.2) is 0 Å². The molecule has 0 fully saturated rings. The van der Waals surface area contributed by atoms with Crippen molar-refractivity contribution >= 4 is 5.96 Å². The first kappa shape index (κ1) is 15.5. The maximum absolute atomic E-state index is 4.43. The lowest BCUT2D eigenvalue weighted by Crippen LogP contribution is -2.40. The Morgan fingerprint density at radius 2 is 2.00 bits per heavy atom. The summed E-state index contributed by atoms with van der Waals surface area (Å²) in [5.74, 6) is 1.48. The molecule has 0 atom stereocenters. The van der Waals surface area contributed by atoms with Gasteiger partial charge in [-0.3, -0.25) is 9.67 Å². The maximum atomic E-state index is 4.43. The van der Waals surface area contributed by atoms with Crippen LogP contribution in [0.3, 0.4) is 0 Å². The van der Waals surface area contributed by atoms with E-state index in [0.29, 0.717) is 5.92 Å². The van der Waals surface area contributed by atoms with Crippen LogP contribution in [0.2, 0.25) is 0 Å². The average Bonchev–Trinajstić information content (AvgIpc) is 2.59. The van der Waals surface area contributed by atoms with E-state index in [2.05, 4.69) is 48.4 Å². The highest BCUT2D eigenvalue weighted by molar-refractivity contribution is 5.79. The molecule has 1 aromatic heterocycles. The predicted octanol–water partition coefficient (Wildman–Crippen LogP) is 1.40. The molecule has 0 radical (unpaired) electrons. The molecular formula is C14H27N5. The molecule has 5 heteroatoms. The molecule has 19 heavy (non-hydrogen) atoms. The molecule has 0 aliphatic heterocycles. The van der Waals surface area contributed by atoms with Crippen molar-refractivity contribution in [1.82, 2.24) is 20.4 Å². The van der Waals surface area contributed by atoms with Gasteiger partial charge in [0.15, 0.2) is 5.96 Å². The van der Waals surface area contributed by atoms with Gasteiger partial charge in [0.2, 0.25) is 0 Å². The van der Waals surface area contributed by atoms with Crippen LogP contribution in [0.25, 0.3) is 0 Å². The summed E-state index contributed by atoms with van der Waals surface area (Å²) in [6.45, 7) is 10.3. The van der Waals surface area contributed by atoms with E-state index in [9.17, 15) is 0 Å². The van der Waals surface area contributed by atoms with Gasteiger partial charge >= 0.3 is 0 Å². The Labute approximate surface area is 116 Å². The van der Waals surface area contributed by atoms with E-state index in [4.69, 9.17) is 0 Å². The lowest BCUT2D eigenvalue weighted by atomic mass is 10.1. The van der Waals surface area contributed by atoms with Gasteiger partial charge in [0, 0.05) is 32.9 Å². The van der Waals surface area contributed by atoms with Gasteiger partial charge in [0.1, 0.15) is 0 Å². The number of guanidine groups is 1. The first-order valence-corrected chi connectivity index (χ1v) is 6.89. The second-order valence-corrected chi connectivity index (χ2v) is 5.30. The molecule has 0 saturated carbocycles. The van der Waals surface area contributed by atoms with Crippen LogP contribution in [0.1, 0.15) is 30.8 Å². The van der Waals surface area contributed by atoms with E-state index in [-0.39, 0.29) is 0 Å². The van der Waals surface area contributed by atoms with Gasteiger partial charge in [-0.05, 0) is 31.7 Å². The normalized spacial score (nSPS) is 12.1. The van der Waals surface area contributed by atoms with Gasteiger partial charge in [0.25, 0.3) is 0 Å². The molecule has 2 N–H and O–H groups in total. The van der Waals surface area contributed by atoms with Crippen molar-refractivity contribution in [1.29, 1.82) is 0 Å². The molecule has 0 aromatic carbocycles. The SMILES string of the molecule is CN=C(NCCc1c(C)nn(C)c1C)NCC(C)C. The van der Waals surface area contributed by atoms with Crippen LogP contribution in [0.15, 0.2) is 4.99 Å². The van der Waals surface area contributed by atoms with Gasteiger partial charge < -0.3 is 10.6 Å². The Bertz CT molecular complexity index is 431. The summed E-state index contributed by atoms with van der Waals surface area (Å²) in [4.78, 5) is 4.21. The summed E-state index contributed by atoms with van der Waals surface area (Å²) in [5.41, 5.74) is 3.69. The Hall–Kier alpha value is -1.52. The van der Waals surface area contributed by atoms with Crippen LogP contribution in [0.4, 0.5) is 0 Å². The van der Waals surface area contributed by atoms with Crippen molar-refractivity contribution in [3.05, 3.63) is 17.0 Å². The number of rotatable bonds is 5. The fraction of sp³-hybridized carbons (Fsp3) is 0.714. The molecule has 1 aromatic rings. The molecule has 108 valence electrons. The lowest BCUT2D eigenvalue weighted by molar-refractivity contribution is 0.614. The molecule has 0 bridgehead atoms. The summed E-state index contributed by atoms with van der Waals surface area (Å²) < 4.78 is 1.94. The van der Waals surface area contributed by atoms with E-state index < -0.39 is 0 Å². The fourth-order valence-electron chi connectivity index (χ4n) is 2.01. The Kier molecular flexibility index (Phi) is 5.86. The maximum Gasteiger partial charge on any atom is 0.190 e. The van der Waals surface area contributed by atoms with Gasteiger partial charge in [-0.1, -0.05) is 13.8 Å². The van der Waals surface area contributed by atoms with Crippen LogP contribution in [0, 0.1) is 19.8 Å². The fourth-order valence-corrected chi connectivity index (χ4v) is 2.01. The highest BCUT2D eigenvalue weighted by Crippen LogP contribution is 2.11. The van der Waals surface area contributed by atoms with E-state index in [1.54, 1.807) is 7.05 Å². The van der Waals surface area contributed by atoms with Crippen molar-refractivity contribution in [2.75, 3.05) is 20.1 Å². The molecule has 5 nitrogen and oxygen atoms in total. The third-order valence-electron chi connectivity index (χ3n) is 3.23. The van der Waals surface area contributed by atoms with Crippen molar-refractivity contribution in [2.45, 2.75) is 34.1 Å². The third-order valence-corrected chi connectivity index (χ3v) is 3.23. The summed E-state index contributed by atoms with van der Waals surface area (Å²) in [6.07, 6.45) is 0.966. The number of nitrogens with one attached hydrogen (secondary N) is 2. The highest BCUT2D eigenvalue weighted by atomic mass is 15.3. The van der Waals surface area contributed by atoms with Gasteiger partial charge in [-0.2, -0.15) is 5.10 Å². The molecule has 1 rings (SSSR count). The average molecular weight is 265 g/mol. The van der Waals surface area contributed by atoms with Gasteiger partial charge in [-0.15, -0.1) is 0 Å². The summed E-state index contributed by atoms with van der Waals surface area (Å²) in [7, 11) is 3.79. The largest absolute Gasteiger partial charge is 0.356 e.